The van der Waals surface area contributed by atoms with Crippen LogP contribution in [0.4, 0.5) is 4.39 Å². The Balaban J connectivity index is 0.000000505. The molecule has 2 aromatic rings. The number of allylic oxidation sites excluding steroid dienone is 1. The lowest BCUT2D eigenvalue weighted by atomic mass is 9.86. The summed E-state index contributed by atoms with van der Waals surface area (Å²) in [4.78, 5) is 0. The molecule has 1 aromatic heterocycles. The standard InChI is InChI=1S/C14H21F.C10H16N2.C3H6/c1-5-10(2)11(3)13-7-6-8-14(9-13)12(4)15;1-4-10-9(8(3)11)6-7-12(10)5-2;1-3-2/h6-12H,5H2,1-4H3;6-7H,3-5,11H2,1-2H3;3H,1H2,2H3. The summed E-state index contributed by atoms with van der Waals surface area (Å²) in [6.45, 7) is 22.5. The van der Waals surface area contributed by atoms with Crippen LogP contribution in [0.5, 0.6) is 0 Å². The topological polar surface area (TPSA) is 30.9 Å². The minimum atomic E-state index is -0.867. The molecule has 0 bridgehead atoms. The van der Waals surface area contributed by atoms with E-state index < -0.39 is 6.17 Å². The molecule has 0 radical (unpaired) electrons. The summed E-state index contributed by atoms with van der Waals surface area (Å²) >= 11 is 0. The van der Waals surface area contributed by atoms with Gasteiger partial charge in [0.05, 0.1) is 0 Å². The number of aromatic nitrogens is 1. The molecule has 3 heteroatoms. The third kappa shape index (κ3) is 8.61. The molecule has 1 heterocycles. The maximum Gasteiger partial charge on any atom is 0.122 e. The molecule has 0 aliphatic heterocycles. The van der Waals surface area contributed by atoms with Crippen molar-refractivity contribution >= 4 is 5.70 Å². The summed E-state index contributed by atoms with van der Waals surface area (Å²) in [6.07, 6.45) is 5.11. The smallest absolute Gasteiger partial charge is 0.122 e. The zero-order valence-corrected chi connectivity index (χ0v) is 20.2. The van der Waals surface area contributed by atoms with Crippen LogP contribution in [0.25, 0.3) is 5.70 Å². The number of halogens is 1. The first-order valence-electron chi connectivity index (χ1n) is 11.1. The van der Waals surface area contributed by atoms with Gasteiger partial charge in [-0.2, -0.15) is 0 Å². The lowest BCUT2D eigenvalue weighted by molar-refractivity contribution is 0.373. The van der Waals surface area contributed by atoms with E-state index in [1.165, 1.54) is 11.3 Å². The highest BCUT2D eigenvalue weighted by Crippen LogP contribution is 2.28. The summed E-state index contributed by atoms with van der Waals surface area (Å²) in [6, 6.07) is 9.95. The number of nitrogens with two attached hydrogens (primary N) is 1. The first kappa shape index (κ1) is 27.7. The van der Waals surface area contributed by atoms with Crippen LogP contribution in [0.3, 0.4) is 0 Å². The third-order valence-corrected chi connectivity index (χ3v) is 5.49. The zero-order valence-electron chi connectivity index (χ0n) is 20.2. The van der Waals surface area contributed by atoms with Gasteiger partial charge in [-0.15, -0.1) is 6.58 Å². The van der Waals surface area contributed by atoms with Crippen molar-refractivity contribution in [2.45, 2.75) is 79.9 Å². The van der Waals surface area contributed by atoms with Gasteiger partial charge in [-0.1, -0.05) is 71.0 Å². The van der Waals surface area contributed by atoms with Gasteiger partial charge < -0.3 is 10.3 Å². The molecular formula is C27H43FN2. The first-order valence-corrected chi connectivity index (χ1v) is 11.1. The van der Waals surface area contributed by atoms with Gasteiger partial charge >= 0.3 is 0 Å². The predicted molar refractivity (Wildman–Crippen MR) is 132 cm³/mol. The number of aryl methyl sites for hydroxylation is 1. The van der Waals surface area contributed by atoms with Gasteiger partial charge in [0.15, 0.2) is 0 Å². The normalized spacial score (nSPS) is 13.1. The Morgan fingerprint density at radius 1 is 1.13 bits per heavy atom. The second kappa shape index (κ2) is 14.7. The summed E-state index contributed by atoms with van der Waals surface area (Å²) in [5.41, 5.74) is 10.7. The van der Waals surface area contributed by atoms with Crippen molar-refractivity contribution < 1.29 is 4.39 Å². The van der Waals surface area contributed by atoms with Crippen LogP contribution in [-0.4, -0.2) is 4.57 Å². The monoisotopic (exact) mass is 414 g/mol. The molecule has 3 atom stereocenters. The maximum atomic E-state index is 13.2. The highest BCUT2D eigenvalue weighted by molar-refractivity contribution is 5.62. The minimum absolute atomic E-state index is 0.508. The van der Waals surface area contributed by atoms with Crippen molar-refractivity contribution in [1.29, 1.82) is 0 Å². The fraction of sp³-hybridized carbons (Fsp3) is 0.481. The van der Waals surface area contributed by atoms with Gasteiger partial charge in [-0.05, 0) is 56.2 Å². The quantitative estimate of drug-likeness (QED) is 0.456. The van der Waals surface area contributed by atoms with Crippen molar-refractivity contribution in [2.75, 3.05) is 0 Å². The zero-order chi connectivity index (χ0) is 23.3. The van der Waals surface area contributed by atoms with E-state index >= 15 is 0 Å². The van der Waals surface area contributed by atoms with Crippen LogP contribution in [0.2, 0.25) is 0 Å². The molecule has 0 amide bonds. The van der Waals surface area contributed by atoms with E-state index in [9.17, 15) is 4.39 Å². The molecule has 30 heavy (non-hydrogen) atoms. The van der Waals surface area contributed by atoms with E-state index in [1.807, 2.05) is 31.2 Å². The highest BCUT2D eigenvalue weighted by atomic mass is 19.1. The lowest BCUT2D eigenvalue weighted by Gasteiger charge is -2.19. The largest absolute Gasteiger partial charge is 0.399 e. The average Bonchev–Trinajstić information content (AvgIpc) is 3.17. The number of alkyl halides is 1. The van der Waals surface area contributed by atoms with Gasteiger partial charge in [0, 0.05) is 29.7 Å². The van der Waals surface area contributed by atoms with Crippen LogP contribution >= 0.6 is 0 Å². The van der Waals surface area contributed by atoms with Crippen molar-refractivity contribution in [1.82, 2.24) is 4.57 Å². The van der Waals surface area contributed by atoms with E-state index in [0.717, 1.165) is 30.5 Å². The molecule has 0 saturated heterocycles. The summed E-state index contributed by atoms with van der Waals surface area (Å²) < 4.78 is 15.4. The van der Waals surface area contributed by atoms with E-state index in [4.69, 9.17) is 5.73 Å². The van der Waals surface area contributed by atoms with Crippen LogP contribution in [0.1, 0.15) is 89.4 Å². The van der Waals surface area contributed by atoms with Crippen LogP contribution < -0.4 is 5.73 Å². The Morgan fingerprint density at radius 2 is 1.70 bits per heavy atom. The minimum Gasteiger partial charge on any atom is -0.399 e. The molecule has 0 aliphatic carbocycles. The van der Waals surface area contributed by atoms with Gasteiger partial charge in [-0.25, -0.2) is 4.39 Å². The maximum absolute atomic E-state index is 13.2. The van der Waals surface area contributed by atoms with Gasteiger partial charge in [-0.3, -0.25) is 0 Å². The second-order valence-electron chi connectivity index (χ2n) is 7.71. The van der Waals surface area contributed by atoms with E-state index in [-0.39, 0.29) is 0 Å². The fourth-order valence-electron chi connectivity index (χ4n) is 3.26. The molecule has 0 spiro atoms. The van der Waals surface area contributed by atoms with Gasteiger partial charge in [0.25, 0.3) is 0 Å². The number of hydrogen-bond acceptors (Lipinski definition) is 1. The van der Waals surface area contributed by atoms with Crippen molar-refractivity contribution in [3.8, 4) is 0 Å². The molecule has 0 aliphatic rings. The highest BCUT2D eigenvalue weighted by Gasteiger charge is 2.13. The van der Waals surface area contributed by atoms with Crippen molar-refractivity contribution in [2.24, 2.45) is 11.7 Å². The van der Waals surface area contributed by atoms with E-state index in [1.54, 1.807) is 13.0 Å². The van der Waals surface area contributed by atoms with Crippen molar-refractivity contribution in [3.05, 3.63) is 78.1 Å². The Kier molecular flexibility index (Phi) is 13.5. The molecule has 0 fully saturated rings. The Morgan fingerprint density at radius 3 is 2.13 bits per heavy atom. The number of hydrogen-bond donors (Lipinski definition) is 1. The van der Waals surface area contributed by atoms with Crippen LogP contribution in [-0.2, 0) is 13.0 Å². The van der Waals surface area contributed by atoms with Crippen molar-refractivity contribution in [3.63, 3.8) is 0 Å². The molecule has 2 N–H and O–H groups in total. The Hall–Kier alpha value is -2.29. The number of nitrogens with zero attached hydrogens (tertiary/aromatic N) is 1. The third-order valence-electron chi connectivity index (χ3n) is 5.49. The molecule has 2 rings (SSSR count). The van der Waals surface area contributed by atoms with Gasteiger partial charge in [0.2, 0.25) is 0 Å². The molecule has 2 nitrogen and oxygen atoms in total. The fourth-order valence-corrected chi connectivity index (χ4v) is 3.26. The first-order chi connectivity index (χ1) is 14.2. The Bertz CT molecular complexity index is 758. The summed E-state index contributed by atoms with van der Waals surface area (Å²) in [5.74, 6) is 1.16. The molecule has 0 saturated carbocycles. The Labute approximate surface area is 184 Å². The summed E-state index contributed by atoms with van der Waals surface area (Å²) in [7, 11) is 0. The lowest BCUT2D eigenvalue weighted by Crippen LogP contribution is -2.05. The van der Waals surface area contributed by atoms with E-state index in [0.29, 0.717) is 17.5 Å². The van der Waals surface area contributed by atoms with E-state index in [2.05, 4.69) is 64.6 Å². The number of rotatable bonds is 7. The van der Waals surface area contributed by atoms with Crippen LogP contribution in [0, 0.1) is 5.92 Å². The van der Waals surface area contributed by atoms with Crippen LogP contribution in [0.15, 0.2) is 55.8 Å². The van der Waals surface area contributed by atoms with Gasteiger partial charge in [0.1, 0.15) is 6.17 Å². The number of benzene rings is 1. The molecule has 1 aromatic carbocycles. The second-order valence-corrected chi connectivity index (χ2v) is 7.71. The molecule has 168 valence electrons. The summed E-state index contributed by atoms with van der Waals surface area (Å²) in [5, 5.41) is 0. The predicted octanol–water partition coefficient (Wildman–Crippen LogP) is 8.06. The SMILES string of the molecule is C=C(N)c1ccn(CC)c1CC.C=CC.CCC(C)C(C)c1cccc(C(C)F)c1. The molecule has 3 unspecified atom stereocenters. The molecular weight excluding hydrogens is 371 g/mol. The average molecular weight is 415 g/mol.